The quantitative estimate of drug-likeness (QED) is 0.606. The lowest BCUT2D eigenvalue weighted by Gasteiger charge is -2.34. The number of nitrogens with one attached hydrogen (secondary N) is 1. The standard InChI is InChI=1S/C13H29NS/c1-6-9-14-11-13(4,12(2)3)8-7-10-15-5/h12,14H,6-11H2,1-5H3. The van der Waals surface area contributed by atoms with Crippen molar-refractivity contribution in [3.63, 3.8) is 0 Å². The summed E-state index contributed by atoms with van der Waals surface area (Å²) in [5.74, 6) is 2.07. The molecule has 0 amide bonds. The Balaban J connectivity index is 3.95. The van der Waals surface area contributed by atoms with Crippen LogP contribution in [0.1, 0.15) is 47.0 Å². The Kier molecular flexibility index (Phi) is 8.64. The van der Waals surface area contributed by atoms with Gasteiger partial charge < -0.3 is 5.32 Å². The Labute approximate surface area is 101 Å². The Morgan fingerprint density at radius 3 is 2.47 bits per heavy atom. The minimum Gasteiger partial charge on any atom is -0.316 e. The zero-order valence-electron chi connectivity index (χ0n) is 11.2. The number of hydrogen-bond donors (Lipinski definition) is 1. The number of hydrogen-bond acceptors (Lipinski definition) is 2. The molecule has 0 heterocycles. The lowest BCUT2D eigenvalue weighted by molar-refractivity contribution is 0.190. The van der Waals surface area contributed by atoms with Crippen LogP contribution in [0.5, 0.6) is 0 Å². The average molecular weight is 231 g/mol. The van der Waals surface area contributed by atoms with Crippen molar-refractivity contribution in [3.05, 3.63) is 0 Å². The zero-order chi connectivity index (χ0) is 11.7. The second-order valence-corrected chi connectivity index (χ2v) is 6.07. The lowest BCUT2D eigenvalue weighted by atomic mass is 9.75. The molecule has 0 saturated carbocycles. The first kappa shape index (κ1) is 15.3. The van der Waals surface area contributed by atoms with E-state index in [1.807, 2.05) is 11.8 Å². The fourth-order valence-corrected chi connectivity index (χ4v) is 2.19. The van der Waals surface area contributed by atoms with Crippen molar-refractivity contribution in [2.45, 2.75) is 47.0 Å². The molecule has 1 N–H and O–H groups in total. The van der Waals surface area contributed by atoms with Gasteiger partial charge in [-0.25, -0.2) is 0 Å². The monoisotopic (exact) mass is 231 g/mol. The van der Waals surface area contributed by atoms with E-state index >= 15 is 0 Å². The van der Waals surface area contributed by atoms with E-state index in [0.29, 0.717) is 5.41 Å². The predicted octanol–water partition coefficient (Wildman–Crippen LogP) is 3.79. The van der Waals surface area contributed by atoms with Gasteiger partial charge in [0.2, 0.25) is 0 Å². The first-order chi connectivity index (χ1) is 7.06. The lowest BCUT2D eigenvalue weighted by Crippen LogP contribution is -2.36. The summed E-state index contributed by atoms with van der Waals surface area (Å²) in [7, 11) is 0. The molecule has 92 valence electrons. The highest BCUT2D eigenvalue weighted by molar-refractivity contribution is 7.98. The molecule has 0 aromatic carbocycles. The average Bonchev–Trinajstić information content (AvgIpc) is 2.18. The molecule has 0 aromatic rings. The highest BCUT2D eigenvalue weighted by Crippen LogP contribution is 2.32. The van der Waals surface area contributed by atoms with Crippen LogP contribution in [-0.2, 0) is 0 Å². The van der Waals surface area contributed by atoms with Crippen LogP contribution >= 0.6 is 11.8 Å². The van der Waals surface area contributed by atoms with Crippen molar-refractivity contribution < 1.29 is 0 Å². The van der Waals surface area contributed by atoms with Crippen molar-refractivity contribution in [2.75, 3.05) is 25.1 Å². The van der Waals surface area contributed by atoms with Gasteiger partial charge in [-0.05, 0) is 49.1 Å². The van der Waals surface area contributed by atoms with E-state index < -0.39 is 0 Å². The molecule has 0 fully saturated rings. The van der Waals surface area contributed by atoms with Gasteiger partial charge in [-0.1, -0.05) is 27.7 Å². The molecule has 0 aliphatic carbocycles. The van der Waals surface area contributed by atoms with Crippen LogP contribution in [0.3, 0.4) is 0 Å². The summed E-state index contributed by atoms with van der Waals surface area (Å²) in [4.78, 5) is 0. The predicted molar refractivity (Wildman–Crippen MR) is 73.7 cm³/mol. The topological polar surface area (TPSA) is 12.0 Å². The molecule has 0 bridgehead atoms. The third-order valence-corrected chi connectivity index (χ3v) is 4.14. The van der Waals surface area contributed by atoms with E-state index in [1.165, 1.54) is 31.6 Å². The third-order valence-electron chi connectivity index (χ3n) is 3.45. The smallest absolute Gasteiger partial charge is 0.000761 e. The molecule has 0 radical (unpaired) electrons. The van der Waals surface area contributed by atoms with Gasteiger partial charge in [0.25, 0.3) is 0 Å². The fraction of sp³-hybridized carbons (Fsp3) is 1.00. The maximum absolute atomic E-state index is 3.58. The Morgan fingerprint density at radius 2 is 2.00 bits per heavy atom. The Morgan fingerprint density at radius 1 is 1.33 bits per heavy atom. The van der Waals surface area contributed by atoms with Gasteiger partial charge in [-0.2, -0.15) is 11.8 Å². The summed E-state index contributed by atoms with van der Waals surface area (Å²) in [6.45, 7) is 11.7. The molecule has 1 atom stereocenters. The van der Waals surface area contributed by atoms with Crippen molar-refractivity contribution in [3.8, 4) is 0 Å². The van der Waals surface area contributed by atoms with E-state index in [-0.39, 0.29) is 0 Å². The van der Waals surface area contributed by atoms with E-state index in [0.717, 1.165) is 12.5 Å². The first-order valence-electron chi connectivity index (χ1n) is 6.26. The molecule has 0 rings (SSSR count). The molecule has 0 saturated heterocycles. The third kappa shape index (κ3) is 6.47. The number of thioether (sulfide) groups is 1. The van der Waals surface area contributed by atoms with Crippen molar-refractivity contribution in [1.29, 1.82) is 0 Å². The van der Waals surface area contributed by atoms with Gasteiger partial charge in [0.05, 0.1) is 0 Å². The summed E-state index contributed by atoms with van der Waals surface area (Å²) in [5.41, 5.74) is 0.477. The summed E-state index contributed by atoms with van der Waals surface area (Å²) >= 11 is 1.96. The second kappa shape index (κ2) is 8.46. The molecule has 0 aliphatic rings. The van der Waals surface area contributed by atoms with Crippen LogP contribution in [0.15, 0.2) is 0 Å². The summed E-state index contributed by atoms with van der Waals surface area (Å²) in [6.07, 6.45) is 6.13. The van der Waals surface area contributed by atoms with Gasteiger partial charge in [0.15, 0.2) is 0 Å². The highest BCUT2D eigenvalue weighted by Gasteiger charge is 2.26. The van der Waals surface area contributed by atoms with Crippen LogP contribution in [0, 0.1) is 11.3 Å². The molecule has 2 heteroatoms. The number of rotatable bonds is 9. The normalized spacial score (nSPS) is 15.6. The largest absolute Gasteiger partial charge is 0.316 e. The minimum absolute atomic E-state index is 0.477. The van der Waals surface area contributed by atoms with Crippen LogP contribution in [-0.4, -0.2) is 25.1 Å². The molecular weight excluding hydrogens is 202 g/mol. The molecular formula is C13H29NS. The van der Waals surface area contributed by atoms with E-state index in [4.69, 9.17) is 0 Å². The first-order valence-corrected chi connectivity index (χ1v) is 7.66. The van der Waals surface area contributed by atoms with Crippen LogP contribution in [0.2, 0.25) is 0 Å². The van der Waals surface area contributed by atoms with Gasteiger partial charge in [-0.3, -0.25) is 0 Å². The summed E-state index contributed by atoms with van der Waals surface area (Å²) < 4.78 is 0. The summed E-state index contributed by atoms with van der Waals surface area (Å²) in [5, 5.41) is 3.58. The van der Waals surface area contributed by atoms with Crippen molar-refractivity contribution >= 4 is 11.8 Å². The van der Waals surface area contributed by atoms with Crippen LogP contribution < -0.4 is 5.32 Å². The molecule has 1 unspecified atom stereocenters. The van der Waals surface area contributed by atoms with Gasteiger partial charge >= 0.3 is 0 Å². The maximum atomic E-state index is 3.58. The van der Waals surface area contributed by atoms with Gasteiger partial charge in [0.1, 0.15) is 0 Å². The zero-order valence-corrected chi connectivity index (χ0v) is 12.0. The second-order valence-electron chi connectivity index (χ2n) is 5.08. The fourth-order valence-electron chi connectivity index (χ4n) is 1.75. The Hall–Kier alpha value is 0.310. The SMILES string of the molecule is CCCNCC(C)(CCCSC)C(C)C. The maximum Gasteiger partial charge on any atom is 0.000761 e. The molecule has 0 spiro atoms. The van der Waals surface area contributed by atoms with Gasteiger partial charge in [-0.15, -0.1) is 0 Å². The molecule has 15 heavy (non-hydrogen) atoms. The van der Waals surface area contributed by atoms with Crippen LogP contribution in [0.25, 0.3) is 0 Å². The van der Waals surface area contributed by atoms with Crippen molar-refractivity contribution in [1.82, 2.24) is 5.32 Å². The molecule has 0 aliphatic heterocycles. The van der Waals surface area contributed by atoms with Gasteiger partial charge in [0, 0.05) is 6.54 Å². The van der Waals surface area contributed by atoms with E-state index in [2.05, 4.69) is 39.3 Å². The Bertz CT molecular complexity index is 135. The molecule has 1 nitrogen and oxygen atoms in total. The van der Waals surface area contributed by atoms with Crippen LogP contribution in [0.4, 0.5) is 0 Å². The summed E-state index contributed by atoms with van der Waals surface area (Å²) in [6, 6.07) is 0. The minimum atomic E-state index is 0.477. The highest BCUT2D eigenvalue weighted by atomic mass is 32.2. The van der Waals surface area contributed by atoms with E-state index in [1.54, 1.807) is 0 Å². The van der Waals surface area contributed by atoms with Crippen molar-refractivity contribution in [2.24, 2.45) is 11.3 Å². The molecule has 0 aromatic heterocycles. The van der Waals surface area contributed by atoms with E-state index in [9.17, 15) is 0 Å².